The Hall–Kier alpha value is -2.74. The number of fused-ring (bicyclic) bond motifs is 1. The molecule has 0 atom stereocenters. The standard InChI is InChI=1S/C15H14N6OS/c1-10-4-2-6-20-8-11(17-13(10)20)9-23-15-19-18-14(21(15)16)12-5-3-7-22-12/h2-8H,9,16H2,1H3. The number of nitrogens with zero attached hydrogens (tertiary/aromatic N) is 5. The molecule has 0 aliphatic carbocycles. The van der Waals surface area contributed by atoms with Crippen LogP contribution in [0, 0.1) is 6.92 Å². The van der Waals surface area contributed by atoms with E-state index in [1.807, 2.05) is 35.9 Å². The van der Waals surface area contributed by atoms with Crippen molar-refractivity contribution in [3.8, 4) is 11.6 Å². The van der Waals surface area contributed by atoms with Gasteiger partial charge in [-0.25, -0.2) is 9.66 Å². The lowest BCUT2D eigenvalue weighted by Gasteiger charge is -2.00. The predicted molar refractivity (Wildman–Crippen MR) is 87.4 cm³/mol. The van der Waals surface area contributed by atoms with E-state index in [0.29, 0.717) is 22.5 Å². The molecule has 23 heavy (non-hydrogen) atoms. The molecule has 0 bridgehead atoms. The van der Waals surface area contributed by atoms with Crippen LogP contribution in [0.2, 0.25) is 0 Å². The molecular formula is C15H14N6OS. The summed E-state index contributed by atoms with van der Waals surface area (Å²) in [5, 5.41) is 8.81. The molecule has 0 saturated carbocycles. The molecule has 2 N–H and O–H groups in total. The van der Waals surface area contributed by atoms with Crippen molar-refractivity contribution < 1.29 is 4.42 Å². The molecule has 4 aromatic heterocycles. The average molecular weight is 326 g/mol. The van der Waals surface area contributed by atoms with Crippen molar-refractivity contribution in [2.45, 2.75) is 17.8 Å². The first-order chi connectivity index (χ1) is 11.2. The molecule has 0 saturated heterocycles. The summed E-state index contributed by atoms with van der Waals surface area (Å²) in [5.41, 5.74) is 3.08. The summed E-state index contributed by atoms with van der Waals surface area (Å²) in [6.45, 7) is 2.05. The molecule has 4 rings (SSSR count). The van der Waals surface area contributed by atoms with Gasteiger partial charge in [0.1, 0.15) is 5.65 Å². The number of pyridine rings is 1. The fourth-order valence-corrected chi connectivity index (χ4v) is 3.10. The van der Waals surface area contributed by atoms with Gasteiger partial charge in [0.2, 0.25) is 11.0 Å². The molecule has 0 amide bonds. The Balaban J connectivity index is 1.56. The SMILES string of the molecule is Cc1cccn2cc(CSc3nnc(-c4ccco4)n3N)nc12. The van der Waals surface area contributed by atoms with Gasteiger partial charge >= 0.3 is 0 Å². The monoisotopic (exact) mass is 326 g/mol. The van der Waals surface area contributed by atoms with Crippen molar-refractivity contribution in [3.05, 3.63) is 54.2 Å². The van der Waals surface area contributed by atoms with Crippen molar-refractivity contribution in [1.29, 1.82) is 0 Å². The third-order valence-corrected chi connectivity index (χ3v) is 4.46. The number of nitrogens with two attached hydrogens (primary N) is 1. The van der Waals surface area contributed by atoms with Gasteiger partial charge in [0.05, 0.1) is 12.0 Å². The van der Waals surface area contributed by atoms with Crippen molar-refractivity contribution in [3.63, 3.8) is 0 Å². The summed E-state index contributed by atoms with van der Waals surface area (Å²) in [7, 11) is 0. The Morgan fingerprint density at radius 2 is 2.17 bits per heavy atom. The molecule has 0 aliphatic heterocycles. The van der Waals surface area contributed by atoms with Crippen molar-refractivity contribution in [1.82, 2.24) is 24.3 Å². The fraction of sp³-hybridized carbons (Fsp3) is 0.133. The highest BCUT2D eigenvalue weighted by Gasteiger charge is 2.15. The van der Waals surface area contributed by atoms with Crippen LogP contribution in [0.15, 0.2) is 52.5 Å². The number of imidazole rings is 1. The number of hydrogen-bond acceptors (Lipinski definition) is 6. The van der Waals surface area contributed by atoms with Crippen LogP contribution in [0.5, 0.6) is 0 Å². The fourth-order valence-electron chi connectivity index (χ4n) is 2.36. The molecule has 0 spiro atoms. The van der Waals surface area contributed by atoms with Crippen molar-refractivity contribution >= 4 is 17.4 Å². The summed E-state index contributed by atoms with van der Waals surface area (Å²) in [6, 6.07) is 7.64. The minimum absolute atomic E-state index is 0.503. The zero-order valence-corrected chi connectivity index (χ0v) is 13.2. The van der Waals surface area contributed by atoms with Crippen LogP contribution >= 0.6 is 11.8 Å². The van der Waals surface area contributed by atoms with E-state index in [9.17, 15) is 0 Å². The van der Waals surface area contributed by atoms with Gasteiger partial charge in [0.25, 0.3) is 0 Å². The largest absolute Gasteiger partial charge is 0.461 e. The summed E-state index contributed by atoms with van der Waals surface area (Å²) < 4.78 is 8.76. The molecule has 0 fully saturated rings. The predicted octanol–water partition coefficient (Wildman–Crippen LogP) is 2.50. The lowest BCUT2D eigenvalue weighted by Crippen LogP contribution is -2.11. The zero-order chi connectivity index (χ0) is 15.8. The van der Waals surface area contributed by atoms with E-state index in [1.165, 1.54) is 16.4 Å². The van der Waals surface area contributed by atoms with E-state index in [-0.39, 0.29) is 0 Å². The van der Waals surface area contributed by atoms with Gasteiger partial charge in [0, 0.05) is 18.1 Å². The molecule has 116 valence electrons. The lowest BCUT2D eigenvalue weighted by atomic mass is 10.3. The topological polar surface area (TPSA) is 87.2 Å². The number of furan rings is 1. The number of nitrogen functional groups attached to an aromatic ring is 1. The highest BCUT2D eigenvalue weighted by Crippen LogP contribution is 2.24. The highest BCUT2D eigenvalue weighted by atomic mass is 32.2. The minimum Gasteiger partial charge on any atom is -0.461 e. The van der Waals surface area contributed by atoms with Crippen molar-refractivity contribution in [2.24, 2.45) is 0 Å². The maximum atomic E-state index is 6.04. The van der Waals surface area contributed by atoms with E-state index in [0.717, 1.165) is 16.9 Å². The molecule has 7 nitrogen and oxygen atoms in total. The smallest absolute Gasteiger partial charge is 0.218 e. The first-order valence-corrected chi connectivity index (χ1v) is 8.01. The van der Waals surface area contributed by atoms with Gasteiger partial charge in [-0.3, -0.25) is 0 Å². The Labute approximate surface area is 136 Å². The second-order valence-electron chi connectivity index (χ2n) is 5.10. The maximum absolute atomic E-state index is 6.04. The number of aromatic nitrogens is 5. The van der Waals surface area contributed by atoms with Crippen LogP contribution in [-0.2, 0) is 5.75 Å². The van der Waals surface area contributed by atoms with E-state index in [2.05, 4.69) is 15.2 Å². The van der Waals surface area contributed by atoms with E-state index in [4.69, 9.17) is 10.3 Å². The minimum atomic E-state index is 0.503. The Morgan fingerprint density at radius 3 is 2.96 bits per heavy atom. The molecule has 8 heteroatoms. The quantitative estimate of drug-likeness (QED) is 0.458. The van der Waals surface area contributed by atoms with E-state index >= 15 is 0 Å². The van der Waals surface area contributed by atoms with Gasteiger partial charge < -0.3 is 14.7 Å². The second kappa shape index (κ2) is 5.47. The van der Waals surface area contributed by atoms with Crippen LogP contribution in [0.4, 0.5) is 0 Å². The number of thioether (sulfide) groups is 1. The number of aryl methyl sites for hydroxylation is 1. The summed E-state index contributed by atoms with van der Waals surface area (Å²) in [6.07, 6.45) is 5.58. The summed E-state index contributed by atoms with van der Waals surface area (Å²) in [4.78, 5) is 4.64. The first kappa shape index (κ1) is 13.9. The van der Waals surface area contributed by atoms with E-state index in [1.54, 1.807) is 18.4 Å². The average Bonchev–Trinajstić information content (AvgIpc) is 3.25. The third kappa shape index (κ3) is 2.46. The molecule has 0 radical (unpaired) electrons. The molecular weight excluding hydrogens is 312 g/mol. The van der Waals surface area contributed by atoms with Gasteiger partial charge in [-0.05, 0) is 30.7 Å². The molecule has 0 aromatic carbocycles. The van der Waals surface area contributed by atoms with Crippen LogP contribution in [-0.4, -0.2) is 24.3 Å². The normalized spacial score (nSPS) is 11.3. The Kier molecular flexibility index (Phi) is 3.30. The lowest BCUT2D eigenvalue weighted by molar-refractivity contribution is 0.574. The van der Waals surface area contributed by atoms with Crippen LogP contribution < -0.4 is 5.84 Å². The van der Waals surface area contributed by atoms with Crippen LogP contribution in [0.1, 0.15) is 11.3 Å². The van der Waals surface area contributed by atoms with Gasteiger partial charge in [-0.2, -0.15) is 0 Å². The molecule has 0 unspecified atom stereocenters. The third-order valence-electron chi connectivity index (χ3n) is 3.48. The van der Waals surface area contributed by atoms with E-state index < -0.39 is 0 Å². The molecule has 0 aliphatic rings. The maximum Gasteiger partial charge on any atom is 0.218 e. The first-order valence-electron chi connectivity index (χ1n) is 7.03. The van der Waals surface area contributed by atoms with Crippen molar-refractivity contribution in [2.75, 3.05) is 5.84 Å². The second-order valence-corrected chi connectivity index (χ2v) is 6.04. The van der Waals surface area contributed by atoms with Crippen LogP contribution in [0.25, 0.3) is 17.2 Å². The van der Waals surface area contributed by atoms with Gasteiger partial charge in [-0.15, -0.1) is 10.2 Å². The number of hydrogen-bond donors (Lipinski definition) is 1. The van der Waals surface area contributed by atoms with Gasteiger partial charge in [0.15, 0.2) is 5.76 Å². The van der Waals surface area contributed by atoms with Gasteiger partial charge in [-0.1, -0.05) is 17.8 Å². The Morgan fingerprint density at radius 1 is 1.26 bits per heavy atom. The summed E-state index contributed by atoms with van der Waals surface area (Å²) in [5.74, 6) is 7.80. The molecule has 4 heterocycles. The van der Waals surface area contributed by atoms with Crippen LogP contribution in [0.3, 0.4) is 0 Å². The Bertz CT molecular complexity index is 956. The molecule has 4 aromatic rings. The number of rotatable bonds is 4. The summed E-state index contributed by atoms with van der Waals surface area (Å²) >= 11 is 1.49. The highest BCUT2D eigenvalue weighted by molar-refractivity contribution is 7.98. The zero-order valence-electron chi connectivity index (χ0n) is 12.4.